The molecule has 0 bridgehead atoms. The van der Waals surface area contributed by atoms with Crippen molar-refractivity contribution >= 4 is 5.91 Å². The number of nitrogens with two attached hydrogens (primary N) is 1. The fraction of sp³-hybridized carbons (Fsp3) is 0.600. The molecule has 2 unspecified atom stereocenters. The molecule has 0 spiro atoms. The molecule has 0 aromatic carbocycles. The molecule has 2 rings (SSSR count). The molecule has 15 heavy (non-hydrogen) atoms. The standard InChI is InChI=1S/C10H16N4O/c1-7-2-9(11)6-14(5-7)10(15)8-3-12-13-4-8/h3-4,7,9H,2,5-6,11H2,1H3,(H,12,13). The molecule has 1 aliphatic rings. The molecule has 1 aliphatic heterocycles. The lowest BCUT2D eigenvalue weighted by Crippen LogP contribution is -2.48. The molecule has 82 valence electrons. The summed E-state index contributed by atoms with van der Waals surface area (Å²) in [4.78, 5) is 13.8. The number of carbonyl (C=O) groups is 1. The molecule has 0 saturated carbocycles. The maximum absolute atomic E-state index is 12.0. The number of carbonyl (C=O) groups excluding carboxylic acids is 1. The van der Waals surface area contributed by atoms with Gasteiger partial charge in [-0.15, -0.1) is 0 Å². The molecule has 1 amide bonds. The van der Waals surface area contributed by atoms with E-state index in [-0.39, 0.29) is 11.9 Å². The lowest BCUT2D eigenvalue weighted by Gasteiger charge is -2.34. The van der Waals surface area contributed by atoms with Gasteiger partial charge in [-0.1, -0.05) is 6.92 Å². The van der Waals surface area contributed by atoms with Crippen molar-refractivity contribution in [1.82, 2.24) is 15.1 Å². The van der Waals surface area contributed by atoms with Gasteiger partial charge in [-0.2, -0.15) is 5.10 Å². The average Bonchev–Trinajstić information content (AvgIpc) is 2.67. The van der Waals surface area contributed by atoms with Gasteiger partial charge in [0.1, 0.15) is 0 Å². The highest BCUT2D eigenvalue weighted by Crippen LogP contribution is 2.16. The largest absolute Gasteiger partial charge is 0.337 e. The minimum absolute atomic E-state index is 0.0192. The van der Waals surface area contributed by atoms with Crippen LogP contribution in [0, 0.1) is 5.92 Å². The Morgan fingerprint density at radius 2 is 2.47 bits per heavy atom. The molecule has 5 heteroatoms. The van der Waals surface area contributed by atoms with Crippen LogP contribution < -0.4 is 5.73 Å². The summed E-state index contributed by atoms with van der Waals surface area (Å²) in [7, 11) is 0. The number of likely N-dealkylation sites (tertiary alicyclic amines) is 1. The summed E-state index contributed by atoms with van der Waals surface area (Å²) >= 11 is 0. The lowest BCUT2D eigenvalue weighted by atomic mass is 9.96. The van der Waals surface area contributed by atoms with Gasteiger partial charge in [-0.05, 0) is 12.3 Å². The number of aromatic nitrogens is 2. The molecular weight excluding hydrogens is 192 g/mol. The van der Waals surface area contributed by atoms with Crippen LogP contribution in [0.1, 0.15) is 23.7 Å². The number of nitrogens with zero attached hydrogens (tertiary/aromatic N) is 2. The SMILES string of the molecule is CC1CC(N)CN(C(=O)c2cn[nH]c2)C1. The van der Waals surface area contributed by atoms with Crippen molar-refractivity contribution in [1.29, 1.82) is 0 Å². The van der Waals surface area contributed by atoms with E-state index < -0.39 is 0 Å². The Morgan fingerprint density at radius 3 is 3.07 bits per heavy atom. The first-order valence-corrected chi connectivity index (χ1v) is 5.20. The minimum atomic E-state index is 0.0192. The highest BCUT2D eigenvalue weighted by atomic mass is 16.2. The molecule has 0 aliphatic carbocycles. The number of hydrogen-bond acceptors (Lipinski definition) is 3. The fourth-order valence-electron chi connectivity index (χ4n) is 2.12. The number of H-pyrrole nitrogens is 1. The summed E-state index contributed by atoms with van der Waals surface area (Å²) in [6, 6.07) is 0.101. The Morgan fingerprint density at radius 1 is 1.67 bits per heavy atom. The van der Waals surface area contributed by atoms with E-state index >= 15 is 0 Å². The molecule has 2 heterocycles. The molecule has 0 radical (unpaired) electrons. The van der Waals surface area contributed by atoms with Gasteiger partial charge in [0.25, 0.3) is 5.91 Å². The van der Waals surface area contributed by atoms with E-state index in [1.54, 1.807) is 12.4 Å². The molecule has 1 aromatic rings. The van der Waals surface area contributed by atoms with Crippen LogP contribution in [0.4, 0.5) is 0 Å². The second kappa shape index (κ2) is 4.02. The minimum Gasteiger partial charge on any atom is -0.337 e. The number of aromatic amines is 1. The van der Waals surface area contributed by atoms with Crippen LogP contribution in [0.3, 0.4) is 0 Å². The van der Waals surface area contributed by atoms with E-state index in [0.29, 0.717) is 18.0 Å². The maximum Gasteiger partial charge on any atom is 0.257 e. The van der Waals surface area contributed by atoms with Crippen LogP contribution in [0.15, 0.2) is 12.4 Å². The molecule has 1 fully saturated rings. The van der Waals surface area contributed by atoms with Crippen LogP contribution in [0.5, 0.6) is 0 Å². The average molecular weight is 208 g/mol. The topological polar surface area (TPSA) is 75.0 Å². The zero-order valence-corrected chi connectivity index (χ0v) is 8.81. The second-order valence-corrected chi connectivity index (χ2v) is 4.30. The van der Waals surface area contributed by atoms with Gasteiger partial charge in [-0.3, -0.25) is 9.89 Å². The first-order valence-electron chi connectivity index (χ1n) is 5.20. The van der Waals surface area contributed by atoms with Crippen molar-refractivity contribution in [2.45, 2.75) is 19.4 Å². The molecule has 5 nitrogen and oxygen atoms in total. The van der Waals surface area contributed by atoms with E-state index in [1.165, 1.54) is 0 Å². The van der Waals surface area contributed by atoms with Gasteiger partial charge >= 0.3 is 0 Å². The predicted molar refractivity (Wildman–Crippen MR) is 56.2 cm³/mol. The van der Waals surface area contributed by atoms with Crippen LogP contribution in [-0.4, -0.2) is 40.1 Å². The molecule has 1 saturated heterocycles. The van der Waals surface area contributed by atoms with Crippen molar-refractivity contribution in [3.63, 3.8) is 0 Å². The quantitative estimate of drug-likeness (QED) is 0.693. The van der Waals surface area contributed by atoms with Crippen molar-refractivity contribution < 1.29 is 4.79 Å². The summed E-state index contributed by atoms with van der Waals surface area (Å²) < 4.78 is 0. The Hall–Kier alpha value is -1.36. The van der Waals surface area contributed by atoms with Crippen LogP contribution in [0.2, 0.25) is 0 Å². The van der Waals surface area contributed by atoms with Crippen molar-refractivity contribution in [3.8, 4) is 0 Å². The Balaban J connectivity index is 2.07. The smallest absolute Gasteiger partial charge is 0.257 e. The predicted octanol–water partition coefficient (Wildman–Crippen LogP) is 0.219. The van der Waals surface area contributed by atoms with Crippen molar-refractivity contribution in [2.75, 3.05) is 13.1 Å². The van der Waals surface area contributed by atoms with Crippen LogP contribution in [0.25, 0.3) is 0 Å². The Labute approximate surface area is 88.6 Å². The van der Waals surface area contributed by atoms with Crippen LogP contribution >= 0.6 is 0 Å². The Kier molecular flexibility index (Phi) is 2.73. The number of piperidine rings is 1. The monoisotopic (exact) mass is 208 g/mol. The lowest BCUT2D eigenvalue weighted by molar-refractivity contribution is 0.0661. The van der Waals surface area contributed by atoms with E-state index in [2.05, 4.69) is 17.1 Å². The first-order chi connectivity index (χ1) is 7.16. The third-order valence-corrected chi connectivity index (χ3v) is 2.72. The third-order valence-electron chi connectivity index (χ3n) is 2.72. The molecular formula is C10H16N4O. The zero-order chi connectivity index (χ0) is 10.8. The normalized spacial score (nSPS) is 26.7. The van der Waals surface area contributed by atoms with Crippen LogP contribution in [-0.2, 0) is 0 Å². The Bertz CT molecular complexity index is 325. The summed E-state index contributed by atoms with van der Waals surface area (Å²) in [6.45, 7) is 3.56. The number of rotatable bonds is 1. The summed E-state index contributed by atoms with van der Waals surface area (Å²) in [6.07, 6.45) is 4.16. The zero-order valence-electron chi connectivity index (χ0n) is 8.81. The summed E-state index contributed by atoms with van der Waals surface area (Å²) in [5, 5.41) is 6.42. The van der Waals surface area contributed by atoms with E-state index in [1.807, 2.05) is 4.90 Å². The van der Waals surface area contributed by atoms with Gasteiger partial charge in [0.2, 0.25) is 0 Å². The van der Waals surface area contributed by atoms with Gasteiger partial charge < -0.3 is 10.6 Å². The summed E-state index contributed by atoms with van der Waals surface area (Å²) in [5.74, 6) is 0.496. The first kappa shape index (κ1) is 10.2. The van der Waals surface area contributed by atoms with Gasteiger partial charge in [0, 0.05) is 25.3 Å². The number of hydrogen-bond donors (Lipinski definition) is 2. The van der Waals surface area contributed by atoms with Crippen molar-refractivity contribution in [3.05, 3.63) is 18.0 Å². The van der Waals surface area contributed by atoms with E-state index in [9.17, 15) is 4.79 Å². The molecule has 1 aromatic heterocycles. The number of nitrogens with one attached hydrogen (secondary N) is 1. The summed E-state index contributed by atoms with van der Waals surface area (Å²) in [5.41, 5.74) is 6.50. The van der Waals surface area contributed by atoms with Gasteiger partial charge in [-0.25, -0.2) is 0 Å². The maximum atomic E-state index is 12.0. The fourth-order valence-corrected chi connectivity index (χ4v) is 2.12. The number of amides is 1. The highest BCUT2D eigenvalue weighted by Gasteiger charge is 2.26. The van der Waals surface area contributed by atoms with E-state index in [4.69, 9.17) is 5.73 Å². The van der Waals surface area contributed by atoms with E-state index in [0.717, 1.165) is 13.0 Å². The van der Waals surface area contributed by atoms with Gasteiger partial charge in [0.15, 0.2) is 0 Å². The highest BCUT2D eigenvalue weighted by molar-refractivity contribution is 5.93. The molecule has 3 N–H and O–H groups in total. The second-order valence-electron chi connectivity index (χ2n) is 4.30. The van der Waals surface area contributed by atoms with Crippen molar-refractivity contribution in [2.24, 2.45) is 11.7 Å². The third kappa shape index (κ3) is 2.18. The van der Waals surface area contributed by atoms with Gasteiger partial charge in [0.05, 0.1) is 11.8 Å². The molecule has 2 atom stereocenters.